The maximum absolute atomic E-state index is 6.20. The van der Waals surface area contributed by atoms with Crippen LogP contribution in [0.25, 0.3) is 11.0 Å². The van der Waals surface area contributed by atoms with Crippen molar-refractivity contribution in [2.75, 3.05) is 5.73 Å². The van der Waals surface area contributed by atoms with Crippen LogP contribution in [0.15, 0.2) is 18.2 Å². The monoisotopic (exact) mass is 251 g/mol. The second kappa shape index (κ2) is 5.41. The van der Waals surface area contributed by atoms with Crippen LogP contribution in [-0.4, -0.2) is 9.55 Å². The van der Waals surface area contributed by atoms with Gasteiger partial charge in [-0.2, -0.15) is 0 Å². The molecule has 0 aliphatic carbocycles. The summed E-state index contributed by atoms with van der Waals surface area (Å²) in [5.41, 5.74) is 7.77. The molecule has 92 valence electrons. The molecule has 17 heavy (non-hydrogen) atoms. The van der Waals surface area contributed by atoms with Crippen LogP contribution in [0.1, 0.15) is 32.6 Å². The fourth-order valence-electron chi connectivity index (χ4n) is 2.08. The fourth-order valence-corrected chi connectivity index (χ4v) is 2.35. The van der Waals surface area contributed by atoms with Crippen molar-refractivity contribution in [3.8, 4) is 0 Å². The number of aryl methyl sites for hydroxylation is 1. The van der Waals surface area contributed by atoms with Gasteiger partial charge in [-0.25, -0.2) is 4.98 Å². The average Bonchev–Trinajstić information content (AvgIpc) is 2.62. The van der Waals surface area contributed by atoms with Gasteiger partial charge in [-0.3, -0.25) is 0 Å². The lowest BCUT2D eigenvalue weighted by molar-refractivity contribution is 0.595. The average molecular weight is 252 g/mol. The molecule has 0 spiro atoms. The van der Waals surface area contributed by atoms with Crippen LogP contribution < -0.4 is 5.73 Å². The molecular formula is C13H18ClN3. The molecule has 2 N–H and O–H groups in total. The van der Waals surface area contributed by atoms with Crippen molar-refractivity contribution in [2.24, 2.45) is 0 Å². The van der Waals surface area contributed by atoms with Crippen molar-refractivity contribution in [1.29, 1.82) is 0 Å². The SMILES string of the molecule is CCCCCCn1c(N)nc2cccc(Cl)c21. The molecule has 2 aromatic rings. The molecule has 0 unspecified atom stereocenters. The van der Waals surface area contributed by atoms with Gasteiger partial charge in [0.05, 0.1) is 16.1 Å². The normalized spacial score (nSPS) is 11.2. The number of rotatable bonds is 5. The number of imidazole rings is 1. The molecule has 1 heterocycles. The van der Waals surface area contributed by atoms with Gasteiger partial charge in [0, 0.05) is 6.54 Å². The van der Waals surface area contributed by atoms with Crippen molar-refractivity contribution in [1.82, 2.24) is 9.55 Å². The molecule has 1 aromatic carbocycles. The van der Waals surface area contributed by atoms with E-state index in [0.29, 0.717) is 5.95 Å². The summed E-state index contributed by atoms with van der Waals surface area (Å²) in [6, 6.07) is 5.73. The maximum atomic E-state index is 6.20. The Kier molecular flexibility index (Phi) is 3.89. The highest BCUT2D eigenvalue weighted by molar-refractivity contribution is 6.35. The number of para-hydroxylation sites is 1. The van der Waals surface area contributed by atoms with Crippen molar-refractivity contribution in [2.45, 2.75) is 39.2 Å². The van der Waals surface area contributed by atoms with E-state index >= 15 is 0 Å². The second-order valence-corrected chi connectivity index (χ2v) is 4.70. The summed E-state index contributed by atoms with van der Waals surface area (Å²) in [4.78, 5) is 4.33. The van der Waals surface area contributed by atoms with Gasteiger partial charge >= 0.3 is 0 Å². The molecular weight excluding hydrogens is 234 g/mol. The minimum atomic E-state index is 0.560. The highest BCUT2D eigenvalue weighted by atomic mass is 35.5. The maximum Gasteiger partial charge on any atom is 0.201 e. The minimum Gasteiger partial charge on any atom is -0.369 e. The van der Waals surface area contributed by atoms with Crippen molar-refractivity contribution in [3.63, 3.8) is 0 Å². The topological polar surface area (TPSA) is 43.8 Å². The van der Waals surface area contributed by atoms with Gasteiger partial charge in [-0.05, 0) is 18.6 Å². The van der Waals surface area contributed by atoms with Crippen LogP contribution in [0.2, 0.25) is 5.02 Å². The van der Waals surface area contributed by atoms with E-state index in [1.807, 2.05) is 22.8 Å². The lowest BCUT2D eigenvalue weighted by Gasteiger charge is -2.06. The third-order valence-electron chi connectivity index (χ3n) is 2.98. The van der Waals surface area contributed by atoms with E-state index in [4.69, 9.17) is 17.3 Å². The number of hydrogen-bond donors (Lipinski definition) is 1. The summed E-state index contributed by atoms with van der Waals surface area (Å²) in [5, 5.41) is 0.724. The highest BCUT2D eigenvalue weighted by Crippen LogP contribution is 2.26. The number of unbranched alkanes of at least 4 members (excludes halogenated alkanes) is 3. The molecule has 0 saturated heterocycles. The lowest BCUT2D eigenvalue weighted by atomic mass is 10.2. The number of hydrogen-bond acceptors (Lipinski definition) is 2. The van der Waals surface area contributed by atoms with Crippen LogP contribution in [0.3, 0.4) is 0 Å². The third-order valence-corrected chi connectivity index (χ3v) is 3.29. The van der Waals surface area contributed by atoms with Gasteiger partial charge in [-0.1, -0.05) is 43.9 Å². The first-order valence-electron chi connectivity index (χ1n) is 6.14. The largest absolute Gasteiger partial charge is 0.369 e. The van der Waals surface area contributed by atoms with Gasteiger partial charge in [0.1, 0.15) is 0 Å². The van der Waals surface area contributed by atoms with Crippen LogP contribution in [0.4, 0.5) is 5.95 Å². The summed E-state index contributed by atoms with van der Waals surface area (Å²) in [7, 11) is 0. The summed E-state index contributed by atoms with van der Waals surface area (Å²) < 4.78 is 2.02. The number of nitrogen functional groups attached to an aromatic ring is 1. The molecule has 0 atom stereocenters. The molecule has 0 amide bonds. The standard InChI is InChI=1S/C13H18ClN3/c1-2-3-4-5-9-17-12-10(14)7-6-8-11(12)16-13(17)15/h6-8H,2-5,9H2,1H3,(H2,15,16). The highest BCUT2D eigenvalue weighted by Gasteiger charge is 2.10. The zero-order chi connectivity index (χ0) is 12.3. The number of nitrogens with two attached hydrogens (primary N) is 1. The Morgan fingerprint density at radius 3 is 2.88 bits per heavy atom. The lowest BCUT2D eigenvalue weighted by Crippen LogP contribution is -2.03. The van der Waals surface area contributed by atoms with Gasteiger partial charge in [-0.15, -0.1) is 0 Å². The predicted molar refractivity (Wildman–Crippen MR) is 73.3 cm³/mol. The van der Waals surface area contributed by atoms with E-state index in [9.17, 15) is 0 Å². The predicted octanol–water partition coefficient (Wildman–Crippen LogP) is 3.85. The van der Waals surface area contributed by atoms with Crippen LogP contribution in [-0.2, 0) is 6.54 Å². The van der Waals surface area contributed by atoms with E-state index in [-0.39, 0.29) is 0 Å². The van der Waals surface area contributed by atoms with E-state index in [1.54, 1.807) is 0 Å². The number of anilines is 1. The molecule has 0 bridgehead atoms. The number of benzene rings is 1. The van der Waals surface area contributed by atoms with Crippen LogP contribution >= 0.6 is 11.6 Å². The second-order valence-electron chi connectivity index (χ2n) is 4.29. The first-order chi connectivity index (χ1) is 8.24. The third kappa shape index (κ3) is 2.55. The first kappa shape index (κ1) is 12.2. The fraction of sp³-hybridized carbons (Fsp3) is 0.462. The summed E-state index contributed by atoms with van der Waals surface area (Å²) >= 11 is 6.20. The Morgan fingerprint density at radius 2 is 2.12 bits per heavy atom. The van der Waals surface area contributed by atoms with E-state index in [1.165, 1.54) is 19.3 Å². The molecule has 0 aliphatic heterocycles. The van der Waals surface area contributed by atoms with Gasteiger partial charge < -0.3 is 10.3 Å². The van der Waals surface area contributed by atoms with Crippen molar-refractivity contribution in [3.05, 3.63) is 23.2 Å². The molecule has 3 nitrogen and oxygen atoms in total. The van der Waals surface area contributed by atoms with Crippen LogP contribution in [0, 0.1) is 0 Å². The first-order valence-corrected chi connectivity index (χ1v) is 6.52. The van der Waals surface area contributed by atoms with Crippen molar-refractivity contribution < 1.29 is 0 Å². The Hall–Kier alpha value is -1.22. The molecule has 0 saturated carbocycles. The zero-order valence-electron chi connectivity index (χ0n) is 10.1. The Morgan fingerprint density at radius 1 is 1.29 bits per heavy atom. The Balaban J connectivity index is 2.23. The molecule has 0 fully saturated rings. The molecule has 0 aliphatic rings. The molecule has 4 heteroatoms. The number of halogens is 1. The van der Waals surface area contributed by atoms with E-state index in [0.717, 1.165) is 29.0 Å². The quantitative estimate of drug-likeness (QED) is 0.821. The van der Waals surface area contributed by atoms with E-state index in [2.05, 4.69) is 11.9 Å². The summed E-state index contributed by atoms with van der Waals surface area (Å²) in [6.07, 6.45) is 4.84. The number of aromatic nitrogens is 2. The van der Waals surface area contributed by atoms with Gasteiger partial charge in [0.25, 0.3) is 0 Å². The smallest absolute Gasteiger partial charge is 0.201 e. The molecule has 2 rings (SSSR count). The molecule has 1 aromatic heterocycles. The Bertz CT molecular complexity index is 505. The zero-order valence-corrected chi connectivity index (χ0v) is 10.9. The summed E-state index contributed by atoms with van der Waals surface area (Å²) in [5.74, 6) is 0.560. The van der Waals surface area contributed by atoms with Crippen molar-refractivity contribution >= 4 is 28.6 Å². The van der Waals surface area contributed by atoms with E-state index < -0.39 is 0 Å². The van der Waals surface area contributed by atoms with Crippen LogP contribution in [0.5, 0.6) is 0 Å². The number of nitrogens with zero attached hydrogens (tertiary/aromatic N) is 2. The summed E-state index contributed by atoms with van der Waals surface area (Å²) in [6.45, 7) is 3.10. The number of fused-ring (bicyclic) bond motifs is 1. The van der Waals surface area contributed by atoms with Gasteiger partial charge in [0.2, 0.25) is 5.95 Å². The Labute approximate surface area is 107 Å². The minimum absolute atomic E-state index is 0.560. The molecule has 0 radical (unpaired) electrons. The van der Waals surface area contributed by atoms with Gasteiger partial charge in [0.15, 0.2) is 0 Å².